The molecule has 2 aromatic carbocycles. The van der Waals surface area contributed by atoms with E-state index in [1.165, 1.54) is 11.2 Å². The predicted octanol–water partition coefficient (Wildman–Crippen LogP) is 3.52. The standard InChI is InChI=1S/C27H28F2N4O5S/c1-17-8-9-23(18-6-4-3-5-7-18)39(36,37)33(17)14-19-12-22(29)20(13-21(19)28)27(15-26(2,35)16-27)24-31-32(11-10-30)25(34)38-24/h3-7,12-13,17,23,35H,8-9,11,14-16H2,1-2H3/t17-,23+,26?,27?/m0/s1. The number of hydrogen-bond donors (Lipinski definition) is 1. The molecule has 2 fully saturated rings. The van der Waals surface area contributed by atoms with Crippen molar-refractivity contribution in [3.8, 4) is 6.07 Å². The quantitative estimate of drug-likeness (QED) is 0.490. The van der Waals surface area contributed by atoms with Crippen LogP contribution in [0.25, 0.3) is 0 Å². The Balaban J connectivity index is 1.51. The fourth-order valence-corrected chi connectivity index (χ4v) is 8.16. The third-order valence-electron chi connectivity index (χ3n) is 7.78. The van der Waals surface area contributed by atoms with Gasteiger partial charge < -0.3 is 9.52 Å². The van der Waals surface area contributed by atoms with Gasteiger partial charge in [-0.25, -0.2) is 22.0 Å². The Bertz CT molecular complexity index is 1600. The first kappa shape index (κ1) is 27.2. The van der Waals surface area contributed by atoms with Crippen molar-refractivity contribution < 1.29 is 26.7 Å². The van der Waals surface area contributed by atoms with E-state index >= 15 is 8.78 Å². The number of nitriles is 1. The van der Waals surface area contributed by atoms with E-state index in [0.717, 1.165) is 16.8 Å². The number of hydrogen-bond acceptors (Lipinski definition) is 7. The highest BCUT2D eigenvalue weighted by molar-refractivity contribution is 7.89. The first-order valence-corrected chi connectivity index (χ1v) is 14.1. The Hall–Kier alpha value is -3.40. The lowest BCUT2D eigenvalue weighted by Gasteiger charge is -2.49. The molecule has 1 aromatic heterocycles. The van der Waals surface area contributed by atoms with Gasteiger partial charge in [-0.2, -0.15) is 14.2 Å². The summed E-state index contributed by atoms with van der Waals surface area (Å²) in [5, 5.41) is 22.6. The molecule has 2 aliphatic rings. The number of halogens is 2. The van der Waals surface area contributed by atoms with Crippen LogP contribution in [-0.2, 0) is 28.5 Å². The number of rotatable bonds is 6. The van der Waals surface area contributed by atoms with Crippen molar-refractivity contribution in [2.75, 3.05) is 0 Å². The second-order valence-corrected chi connectivity index (χ2v) is 12.8. The van der Waals surface area contributed by atoms with Crippen molar-refractivity contribution in [3.63, 3.8) is 0 Å². The fourth-order valence-electron chi connectivity index (χ4n) is 5.97. The smallest absolute Gasteiger partial charge is 0.391 e. The molecular weight excluding hydrogens is 530 g/mol. The molecule has 1 N–H and O–H groups in total. The largest absolute Gasteiger partial charge is 0.438 e. The highest BCUT2D eigenvalue weighted by atomic mass is 32.2. The summed E-state index contributed by atoms with van der Waals surface area (Å²) >= 11 is 0. The Morgan fingerprint density at radius 3 is 2.51 bits per heavy atom. The van der Waals surface area contributed by atoms with Crippen molar-refractivity contribution in [2.24, 2.45) is 0 Å². The second-order valence-electron chi connectivity index (χ2n) is 10.8. The van der Waals surface area contributed by atoms with E-state index in [1.54, 1.807) is 43.3 Å². The molecule has 2 heterocycles. The average Bonchev–Trinajstić information content (AvgIpc) is 3.23. The summed E-state index contributed by atoms with van der Waals surface area (Å²) in [6, 6.07) is 12.1. The summed E-state index contributed by atoms with van der Waals surface area (Å²) < 4.78 is 65.6. The second kappa shape index (κ2) is 9.66. The zero-order valence-corrected chi connectivity index (χ0v) is 22.3. The van der Waals surface area contributed by atoms with Gasteiger partial charge in [0.15, 0.2) is 0 Å². The Morgan fingerprint density at radius 1 is 1.18 bits per heavy atom. The fraction of sp³-hybridized carbons (Fsp3) is 0.444. The molecule has 206 valence electrons. The van der Waals surface area contributed by atoms with E-state index < -0.39 is 56.3 Å². The van der Waals surface area contributed by atoms with Crippen LogP contribution in [0.1, 0.15) is 67.4 Å². The van der Waals surface area contributed by atoms with Gasteiger partial charge in [-0.05, 0) is 57.2 Å². The van der Waals surface area contributed by atoms with Gasteiger partial charge in [-0.3, -0.25) is 0 Å². The molecule has 39 heavy (non-hydrogen) atoms. The van der Waals surface area contributed by atoms with Crippen LogP contribution in [0.5, 0.6) is 0 Å². The number of sulfonamides is 1. The minimum Gasteiger partial charge on any atom is -0.391 e. The molecule has 0 spiro atoms. The molecule has 0 bridgehead atoms. The van der Waals surface area contributed by atoms with E-state index in [9.17, 15) is 18.3 Å². The van der Waals surface area contributed by atoms with E-state index in [4.69, 9.17) is 9.68 Å². The molecule has 5 rings (SSSR count). The topological polar surface area (TPSA) is 129 Å². The van der Waals surface area contributed by atoms with Gasteiger partial charge in [0.05, 0.1) is 17.1 Å². The zero-order chi connectivity index (χ0) is 28.2. The molecular formula is C27H28F2N4O5S. The van der Waals surface area contributed by atoms with Gasteiger partial charge in [0.1, 0.15) is 23.4 Å². The van der Waals surface area contributed by atoms with Crippen LogP contribution >= 0.6 is 0 Å². The van der Waals surface area contributed by atoms with Crippen molar-refractivity contribution in [3.05, 3.63) is 87.2 Å². The van der Waals surface area contributed by atoms with Crippen LogP contribution < -0.4 is 5.76 Å². The lowest BCUT2D eigenvalue weighted by atomic mass is 9.56. The average molecular weight is 559 g/mol. The van der Waals surface area contributed by atoms with Gasteiger partial charge in [0.25, 0.3) is 0 Å². The van der Waals surface area contributed by atoms with Crippen molar-refractivity contribution in [1.29, 1.82) is 5.26 Å². The highest BCUT2D eigenvalue weighted by Crippen LogP contribution is 2.54. The maximum absolute atomic E-state index is 15.7. The van der Waals surface area contributed by atoms with Crippen LogP contribution in [0.15, 0.2) is 51.7 Å². The van der Waals surface area contributed by atoms with Gasteiger partial charge in [0, 0.05) is 23.7 Å². The number of aliphatic hydroxyl groups is 1. The minimum absolute atomic E-state index is 0.0987. The first-order valence-electron chi connectivity index (χ1n) is 12.6. The van der Waals surface area contributed by atoms with Crippen LogP contribution in [0.4, 0.5) is 8.78 Å². The van der Waals surface area contributed by atoms with E-state index in [-0.39, 0.29) is 36.4 Å². The van der Waals surface area contributed by atoms with E-state index in [1.807, 2.05) is 0 Å². The Kier molecular flexibility index (Phi) is 6.73. The van der Waals surface area contributed by atoms with Gasteiger partial charge in [-0.1, -0.05) is 30.3 Å². The first-order chi connectivity index (χ1) is 18.4. The lowest BCUT2D eigenvalue weighted by Crippen LogP contribution is -2.54. The molecule has 12 heteroatoms. The molecule has 3 aromatic rings. The number of nitrogens with zero attached hydrogens (tertiary/aromatic N) is 4. The molecule has 0 radical (unpaired) electrons. The molecule has 1 aliphatic heterocycles. The predicted molar refractivity (Wildman–Crippen MR) is 136 cm³/mol. The third kappa shape index (κ3) is 4.68. The van der Waals surface area contributed by atoms with E-state index in [0.29, 0.717) is 18.4 Å². The van der Waals surface area contributed by atoms with Crippen molar-refractivity contribution >= 4 is 10.0 Å². The number of benzene rings is 2. The highest BCUT2D eigenvalue weighted by Gasteiger charge is 2.58. The Morgan fingerprint density at radius 2 is 1.87 bits per heavy atom. The molecule has 0 unspecified atom stereocenters. The summed E-state index contributed by atoms with van der Waals surface area (Å²) in [4.78, 5) is 12.1. The summed E-state index contributed by atoms with van der Waals surface area (Å²) in [5.41, 5.74) is -2.35. The summed E-state index contributed by atoms with van der Waals surface area (Å²) in [6.45, 7) is 2.51. The van der Waals surface area contributed by atoms with Crippen LogP contribution in [0.3, 0.4) is 0 Å². The van der Waals surface area contributed by atoms with Crippen molar-refractivity contribution in [2.45, 2.75) is 74.9 Å². The minimum atomic E-state index is -3.87. The molecule has 2 atom stereocenters. The number of aromatic nitrogens is 2. The van der Waals surface area contributed by atoms with Crippen LogP contribution in [-0.4, -0.2) is 39.3 Å². The summed E-state index contributed by atoms with van der Waals surface area (Å²) in [6.07, 6.45) is 0.784. The lowest BCUT2D eigenvalue weighted by molar-refractivity contribution is -0.0705. The molecule has 1 aliphatic carbocycles. The summed E-state index contributed by atoms with van der Waals surface area (Å²) in [7, 11) is -3.87. The molecule has 1 saturated heterocycles. The normalized spacial score (nSPS) is 28.5. The van der Waals surface area contributed by atoms with Gasteiger partial charge >= 0.3 is 5.76 Å². The van der Waals surface area contributed by atoms with Crippen LogP contribution in [0, 0.1) is 23.0 Å². The maximum Gasteiger partial charge on any atom is 0.438 e. The molecule has 0 amide bonds. The van der Waals surface area contributed by atoms with E-state index in [2.05, 4.69) is 5.10 Å². The van der Waals surface area contributed by atoms with Gasteiger partial charge in [-0.15, -0.1) is 5.10 Å². The third-order valence-corrected chi connectivity index (χ3v) is 10.1. The van der Waals surface area contributed by atoms with Gasteiger partial charge in [0.2, 0.25) is 15.9 Å². The van der Waals surface area contributed by atoms with Crippen molar-refractivity contribution in [1.82, 2.24) is 14.1 Å². The molecule has 9 nitrogen and oxygen atoms in total. The summed E-state index contributed by atoms with van der Waals surface area (Å²) in [5.74, 6) is -2.83. The Labute approximate surface area is 224 Å². The SMILES string of the molecule is C[C@H]1CC[C@H](c2ccccc2)S(=O)(=O)N1Cc1cc(F)c(C2(c3nn(CC#N)c(=O)o3)CC(C)(O)C2)cc1F. The monoisotopic (exact) mass is 558 g/mol. The maximum atomic E-state index is 15.7. The zero-order valence-electron chi connectivity index (χ0n) is 21.5. The van der Waals surface area contributed by atoms with Crippen LogP contribution in [0.2, 0.25) is 0 Å². The molecule has 1 saturated carbocycles.